The maximum Gasteiger partial charge on any atom is 0.203 e. The van der Waals surface area contributed by atoms with Crippen LogP contribution in [0.2, 0.25) is 0 Å². The Morgan fingerprint density at radius 1 is 0.500 bits per heavy atom. The van der Waals surface area contributed by atoms with Gasteiger partial charge in [0.2, 0.25) is 11.5 Å². The van der Waals surface area contributed by atoms with Gasteiger partial charge in [-0.1, -0.05) is 19.1 Å². The van der Waals surface area contributed by atoms with Crippen LogP contribution in [-0.4, -0.2) is 49.8 Å². The van der Waals surface area contributed by atoms with Crippen LogP contribution in [0.3, 0.4) is 0 Å². The minimum atomic E-state index is 0.0875. The second kappa shape index (κ2) is 12.3. The normalized spacial score (nSPS) is 11.4. The van der Waals surface area contributed by atoms with Gasteiger partial charge in [0.25, 0.3) is 0 Å². The van der Waals surface area contributed by atoms with Crippen LogP contribution in [0.5, 0.6) is 40.2 Å². The van der Waals surface area contributed by atoms with Crippen molar-refractivity contribution in [1.82, 2.24) is 0 Å². The lowest BCUT2D eigenvalue weighted by Gasteiger charge is -2.19. The third-order valence-corrected chi connectivity index (χ3v) is 6.40. The first-order chi connectivity index (χ1) is 17.4. The van der Waals surface area contributed by atoms with Crippen LogP contribution in [0.25, 0.3) is 0 Å². The van der Waals surface area contributed by atoms with Gasteiger partial charge in [0.15, 0.2) is 23.0 Å². The van der Waals surface area contributed by atoms with Crippen molar-refractivity contribution in [3.63, 3.8) is 0 Å². The van der Waals surface area contributed by atoms with Crippen molar-refractivity contribution in [2.75, 3.05) is 49.8 Å². The summed E-state index contributed by atoms with van der Waals surface area (Å²) in [6.45, 7) is 2.16. The van der Waals surface area contributed by atoms with E-state index in [0.717, 1.165) is 40.8 Å². The van der Waals surface area contributed by atoms with Crippen molar-refractivity contribution in [2.45, 2.75) is 25.7 Å². The third-order valence-electron chi connectivity index (χ3n) is 6.40. The van der Waals surface area contributed by atoms with E-state index >= 15 is 0 Å². The Labute approximate surface area is 213 Å². The van der Waals surface area contributed by atoms with E-state index in [1.807, 2.05) is 30.3 Å². The van der Waals surface area contributed by atoms with Crippen molar-refractivity contribution >= 4 is 0 Å². The molecule has 194 valence electrons. The van der Waals surface area contributed by atoms with Gasteiger partial charge >= 0.3 is 0 Å². The Morgan fingerprint density at radius 3 is 1.42 bits per heavy atom. The molecule has 3 rings (SSSR count). The van der Waals surface area contributed by atoms with E-state index in [9.17, 15) is 0 Å². The summed E-state index contributed by atoms with van der Waals surface area (Å²) in [6.07, 6.45) is 1.55. The van der Waals surface area contributed by atoms with E-state index in [-0.39, 0.29) is 5.92 Å². The second-order valence-corrected chi connectivity index (χ2v) is 8.29. The summed E-state index contributed by atoms with van der Waals surface area (Å²) in [5.41, 5.74) is 4.41. The zero-order valence-electron chi connectivity index (χ0n) is 22.4. The van der Waals surface area contributed by atoms with E-state index in [1.165, 1.54) is 0 Å². The molecule has 0 amide bonds. The standard InChI is InChI=1S/C29H36O7/c1-18(22-16-26(33-5)29(36-8)27(17-22)34-6)20-11-12-23(30-2)21(15-20)10-9-19-13-24(31-3)28(35-7)25(14-19)32-4/h11-18H,9-10H2,1-8H3. The zero-order chi connectivity index (χ0) is 26.2. The first-order valence-electron chi connectivity index (χ1n) is 11.7. The van der Waals surface area contributed by atoms with Crippen LogP contribution >= 0.6 is 0 Å². The topological polar surface area (TPSA) is 64.6 Å². The summed E-state index contributed by atoms with van der Waals surface area (Å²) >= 11 is 0. The van der Waals surface area contributed by atoms with E-state index < -0.39 is 0 Å². The molecule has 0 aliphatic carbocycles. The Bertz CT molecular complexity index is 1120. The molecule has 0 heterocycles. The fourth-order valence-electron chi connectivity index (χ4n) is 4.37. The molecule has 3 aromatic rings. The zero-order valence-corrected chi connectivity index (χ0v) is 22.4. The SMILES string of the molecule is COc1ccc(C(C)c2cc(OC)c(OC)c(OC)c2)cc1CCc1cc(OC)c(OC)c(OC)c1. The highest BCUT2D eigenvalue weighted by molar-refractivity contribution is 5.56. The van der Waals surface area contributed by atoms with Crippen molar-refractivity contribution < 1.29 is 33.2 Å². The van der Waals surface area contributed by atoms with E-state index in [2.05, 4.69) is 19.1 Å². The molecule has 0 aliphatic heterocycles. The molecule has 1 atom stereocenters. The highest BCUT2D eigenvalue weighted by atomic mass is 16.5. The van der Waals surface area contributed by atoms with Gasteiger partial charge in [0.05, 0.1) is 49.8 Å². The monoisotopic (exact) mass is 496 g/mol. The number of aryl methyl sites for hydroxylation is 2. The minimum absolute atomic E-state index is 0.0875. The summed E-state index contributed by atoms with van der Waals surface area (Å²) in [5.74, 6) is 4.66. The smallest absolute Gasteiger partial charge is 0.203 e. The maximum absolute atomic E-state index is 5.68. The summed E-state index contributed by atoms with van der Waals surface area (Å²) in [6, 6.07) is 14.3. The van der Waals surface area contributed by atoms with Crippen LogP contribution in [0.1, 0.15) is 35.1 Å². The van der Waals surface area contributed by atoms with E-state index in [1.54, 1.807) is 49.8 Å². The third kappa shape index (κ3) is 5.56. The number of rotatable bonds is 12. The van der Waals surface area contributed by atoms with Gasteiger partial charge in [0, 0.05) is 5.92 Å². The Balaban J connectivity index is 1.92. The molecule has 1 unspecified atom stereocenters. The highest BCUT2D eigenvalue weighted by Gasteiger charge is 2.19. The van der Waals surface area contributed by atoms with Crippen molar-refractivity contribution in [2.24, 2.45) is 0 Å². The molecule has 7 nitrogen and oxygen atoms in total. The van der Waals surface area contributed by atoms with Gasteiger partial charge in [-0.3, -0.25) is 0 Å². The first kappa shape index (κ1) is 26.9. The van der Waals surface area contributed by atoms with Crippen LogP contribution in [-0.2, 0) is 12.8 Å². The van der Waals surface area contributed by atoms with E-state index in [4.69, 9.17) is 33.2 Å². The fraction of sp³-hybridized carbons (Fsp3) is 0.379. The largest absolute Gasteiger partial charge is 0.496 e. The van der Waals surface area contributed by atoms with Crippen molar-refractivity contribution in [1.29, 1.82) is 0 Å². The lowest BCUT2D eigenvalue weighted by molar-refractivity contribution is 0.323. The Kier molecular flexibility index (Phi) is 9.17. The van der Waals surface area contributed by atoms with Gasteiger partial charge in [-0.2, -0.15) is 0 Å². The molecule has 0 spiro atoms. The van der Waals surface area contributed by atoms with E-state index in [0.29, 0.717) is 34.5 Å². The second-order valence-electron chi connectivity index (χ2n) is 8.29. The lowest BCUT2D eigenvalue weighted by atomic mass is 9.90. The van der Waals surface area contributed by atoms with Crippen LogP contribution in [0.4, 0.5) is 0 Å². The molecule has 3 aromatic carbocycles. The van der Waals surface area contributed by atoms with Gasteiger partial charge in [-0.05, 0) is 65.4 Å². The predicted molar refractivity (Wildman–Crippen MR) is 140 cm³/mol. The molecular weight excluding hydrogens is 460 g/mol. The average Bonchev–Trinajstić information content (AvgIpc) is 2.93. The summed E-state index contributed by atoms with van der Waals surface area (Å²) in [5, 5.41) is 0. The number of ether oxygens (including phenoxy) is 7. The fourth-order valence-corrected chi connectivity index (χ4v) is 4.37. The molecule has 0 aliphatic rings. The molecule has 0 bridgehead atoms. The van der Waals surface area contributed by atoms with Gasteiger partial charge in [-0.15, -0.1) is 0 Å². The molecule has 0 saturated carbocycles. The molecule has 0 fully saturated rings. The molecule has 0 N–H and O–H groups in total. The van der Waals surface area contributed by atoms with Crippen LogP contribution < -0.4 is 33.2 Å². The lowest BCUT2D eigenvalue weighted by Crippen LogP contribution is -2.03. The Morgan fingerprint density at radius 2 is 0.972 bits per heavy atom. The summed E-state index contributed by atoms with van der Waals surface area (Å²) in [4.78, 5) is 0. The van der Waals surface area contributed by atoms with Crippen molar-refractivity contribution in [3.05, 3.63) is 64.7 Å². The summed E-state index contributed by atoms with van der Waals surface area (Å²) in [7, 11) is 11.4. The number of hydrogen-bond donors (Lipinski definition) is 0. The molecule has 0 saturated heterocycles. The highest BCUT2D eigenvalue weighted by Crippen LogP contribution is 2.42. The van der Waals surface area contributed by atoms with Crippen LogP contribution in [0.15, 0.2) is 42.5 Å². The number of hydrogen-bond acceptors (Lipinski definition) is 7. The first-order valence-corrected chi connectivity index (χ1v) is 11.7. The molecule has 0 radical (unpaired) electrons. The molecule has 7 heteroatoms. The van der Waals surface area contributed by atoms with Crippen LogP contribution in [0, 0.1) is 0 Å². The van der Waals surface area contributed by atoms with Gasteiger partial charge in [-0.25, -0.2) is 0 Å². The van der Waals surface area contributed by atoms with Crippen molar-refractivity contribution in [3.8, 4) is 40.2 Å². The quantitative estimate of drug-likeness (QED) is 0.319. The Hall–Kier alpha value is -3.74. The summed E-state index contributed by atoms with van der Waals surface area (Å²) < 4.78 is 38.7. The van der Waals surface area contributed by atoms with Gasteiger partial charge < -0.3 is 33.2 Å². The molecular formula is C29H36O7. The average molecular weight is 497 g/mol. The predicted octanol–water partition coefficient (Wildman–Crippen LogP) is 5.68. The molecule has 36 heavy (non-hydrogen) atoms. The minimum Gasteiger partial charge on any atom is -0.496 e. The maximum atomic E-state index is 5.68. The number of benzene rings is 3. The molecule has 0 aromatic heterocycles. The van der Waals surface area contributed by atoms with Gasteiger partial charge in [0.1, 0.15) is 5.75 Å². The number of methoxy groups -OCH3 is 7.